The van der Waals surface area contributed by atoms with Crippen LogP contribution in [0, 0.1) is 0 Å². The summed E-state index contributed by atoms with van der Waals surface area (Å²) < 4.78 is 33.0. The Morgan fingerprint density at radius 2 is 1.43 bits per heavy atom. The van der Waals surface area contributed by atoms with Gasteiger partial charge in [0.2, 0.25) is 0 Å². The van der Waals surface area contributed by atoms with E-state index in [1.165, 1.54) is 16.9 Å². The number of benzene rings is 2. The summed E-state index contributed by atoms with van der Waals surface area (Å²) in [5.74, 6) is 1.35. The van der Waals surface area contributed by atoms with Crippen LogP contribution < -0.4 is 14.2 Å². The van der Waals surface area contributed by atoms with Crippen molar-refractivity contribution < 1.29 is 22.7 Å². The van der Waals surface area contributed by atoms with Crippen LogP contribution in [0.3, 0.4) is 0 Å². The molecule has 0 aliphatic heterocycles. The van der Waals surface area contributed by atoms with Crippen LogP contribution in [0.15, 0.2) is 54.6 Å². The first kappa shape index (κ1) is 15.1. The topological polar surface area (TPSA) is 81.7 Å². The Balaban J connectivity index is 1.98. The normalized spacial score (nSPS) is 10.7. The van der Waals surface area contributed by atoms with Gasteiger partial charge in [0.1, 0.15) is 17.2 Å². The van der Waals surface area contributed by atoms with E-state index in [0.717, 1.165) is 0 Å². The van der Waals surface area contributed by atoms with E-state index in [-0.39, 0.29) is 5.75 Å². The average Bonchev–Trinajstić information content (AvgIpc) is 2.40. The molecular formula is C13H10ClNO5S. The van der Waals surface area contributed by atoms with Crippen LogP contribution in [0.2, 0.25) is 0 Å². The lowest BCUT2D eigenvalue weighted by atomic mass is 10.3. The summed E-state index contributed by atoms with van der Waals surface area (Å²) in [5, 5.41) is 0. The molecule has 2 rings (SSSR count). The Morgan fingerprint density at radius 3 is 2.00 bits per heavy atom. The van der Waals surface area contributed by atoms with Gasteiger partial charge in [0.05, 0.1) is 0 Å². The molecule has 0 atom stereocenters. The highest BCUT2D eigenvalue weighted by atomic mass is 35.7. The van der Waals surface area contributed by atoms with Gasteiger partial charge < -0.3 is 9.47 Å². The SMILES string of the molecule is O=C(NS(=O)(=O)Cl)Oc1ccc(Oc2ccccc2)cc1. The molecule has 0 saturated carbocycles. The Morgan fingerprint density at radius 1 is 0.905 bits per heavy atom. The molecule has 2 aromatic rings. The van der Waals surface area contributed by atoms with Crippen LogP contribution in [0.5, 0.6) is 17.2 Å². The lowest BCUT2D eigenvalue weighted by Crippen LogP contribution is -2.29. The zero-order chi connectivity index (χ0) is 15.3. The van der Waals surface area contributed by atoms with Gasteiger partial charge in [-0.1, -0.05) is 18.2 Å². The van der Waals surface area contributed by atoms with E-state index in [4.69, 9.17) is 20.2 Å². The minimum atomic E-state index is -4.17. The van der Waals surface area contributed by atoms with Crippen molar-refractivity contribution in [3.63, 3.8) is 0 Å². The smallest absolute Gasteiger partial charge is 0.427 e. The van der Waals surface area contributed by atoms with Gasteiger partial charge in [-0.2, -0.15) is 8.42 Å². The van der Waals surface area contributed by atoms with Crippen LogP contribution in [-0.4, -0.2) is 14.5 Å². The van der Waals surface area contributed by atoms with Gasteiger partial charge in [0.15, 0.2) is 0 Å². The molecule has 0 unspecified atom stereocenters. The fraction of sp³-hybridized carbons (Fsp3) is 0. The molecule has 1 amide bonds. The Kier molecular flexibility index (Phi) is 4.66. The summed E-state index contributed by atoms with van der Waals surface area (Å²) in [6, 6.07) is 15.2. The largest absolute Gasteiger partial charge is 0.457 e. The van der Waals surface area contributed by atoms with Crippen molar-refractivity contribution in [3.05, 3.63) is 54.6 Å². The van der Waals surface area contributed by atoms with Gasteiger partial charge >= 0.3 is 15.3 Å². The molecule has 2 aromatic carbocycles. The molecule has 0 aliphatic carbocycles. The molecule has 1 N–H and O–H groups in total. The third-order valence-electron chi connectivity index (χ3n) is 2.22. The van der Waals surface area contributed by atoms with Crippen molar-refractivity contribution >= 4 is 26.0 Å². The van der Waals surface area contributed by atoms with E-state index >= 15 is 0 Å². The van der Waals surface area contributed by atoms with E-state index in [1.54, 1.807) is 24.3 Å². The Hall–Kier alpha value is -2.25. The molecule has 0 bridgehead atoms. The quantitative estimate of drug-likeness (QED) is 0.873. The van der Waals surface area contributed by atoms with Gasteiger partial charge in [0, 0.05) is 10.7 Å². The lowest BCUT2D eigenvalue weighted by molar-refractivity contribution is 0.207. The standard InChI is InChI=1S/C13H10ClNO5S/c14-21(17,18)15-13(16)20-12-8-6-11(7-9-12)19-10-4-2-1-3-5-10/h1-9H,(H,15,16). The maximum Gasteiger partial charge on any atom is 0.427 e. The van der Waals surface area contributed by atoms with Gasteiger partial charge in [-0.3, -0.25) is 0 Å². The van der Waals surface area contributed by atoms with Crippen LogP contribution in [-0.2, 0) is 9.24 Å². The third-order valence-corrected chi connectivity index (χ3v) is 2.86. The van der Waals surface area contributed by atoms with Crippen molar-refractivity contribution in [1.82, 2.24) is 4.72 Å². The van der Waals surface area contributed by atoms with Gasteiger partial charge in [-0.15, -0.1) is 0 Å². The average molecular weight is 328 g/mol. The summed E-state index contributed by atoms with van der Waals surface area (Å²) in [4.78, 5) is 11.2. The zero-order valence-electron chi connectivity index (χ0n) is 10.5. The number of amides is 1. The number of nitrogens with one attached hydrogen (secondary N) is 1. The van der Waals surface area contributed by atoms with E-state index in [0.29, 0.717) is 11.5 Å². The van der Waals surface area contributed by atoms with Crippen molar-refractivity contribution in [2.75, 3.05) is 0 Å². The molecule has 0 heterocycles. The van der Waals surface area contributed by atoms with E-state index in [1.807, 2.05) is 18.2 Å². The van der Waals surface area contributed by atoms with Crippen LogP contribution in [0.4, 0.5) is 4.79 Å². The second kappa shape index (κ2) is 6.47. The van der Waals surface area contributed by atoms with Crippen molar-refractivity contribution in [2.24, 2.45) is 0 Å². The minimum Gasteiger partial charge on any atom is -0.457 e. The van der Waals surface area contributed by atoms with E-state index < -0.39 is 15.3 Å². The van der Waals surface area contributed by atoms with Crippen molar-refractivity contribution in [1.29, 1.82) is 0 Å². The molecule has 8 heteroatoms. The van der Waals surface area contributed by atoms with Crippen LogP contribution in [0.25, 0.3) is 0 Å². The Labute approximate surface area is 125 Å². The maximum atomic E-state index is 11.2. The number of para-hydroxylation sites is 1. The molecule has 0 aromatic heterocycles. The summed E-state index contributed by atoms with van der Waals surface area (Å²) >= 11 is 0. The molecule has 0 saturated heterocycles. The van der Waals surface area contributed by atoms with Gasteiger partial charge in [-0.05, 0) is 36.4 Å². The molecule has 0 aliphatic rings. The molecule has 110 valence electrons. The predicted octanol–water partition coefficient (Wildman–Crippen LogP) is 3.05. The first-order valence-electron chi connectivity index (χ1n) is 5.69. The summed E-state index contributed by atoms with van der Waals surface area (Å²) in [6.07, 6.45) is -1.19. The van der Waals surface area contributed by atoms with Crippen molar-refractivity contribution in [3.8, 4) is 17.2 Å². The first-order valence-corrected chi connectivity index (χ1v) is 8.00. The number of ether oxygens (including phenoxy) is 2. The second-order valence-corrected chi connectivity index (χ2v) is 6.11. The van der Waals surface area contributed by atoms with Crippen molar-refractivity contribution in [2.45, 2.75) is 0 Å². The molecular weight excluding hydrogens is 318 g/mol. The van der Waals surface area contributed by atoms with E-state index in [9.17, 15) is 13.2 Å². The van der Waals surface area contributed by atoms with E-state index in [2.05, 4.69) is 0 Å². The van der Waals surface area contributed by atoms with Gasteiger partial charge in [-0.25, -0.2) is 9.52 Å². The number of hydrogen-bond acceptors (Lipinski definition) is 5. The fourth-order valence-electron chi connectivity index (χ4n) is 1.43. The number of rotatable bonds is 4. The van der Waals surface area contributed by atoms with Crippen LogP contribution in [0.1, 0.15) is 0 Å². The fourth-order valence-corrected chi connectivity index (χ4v) is 1.86. The minimum absolute atomic E-state index is 0.147. The zero-order valence-corrected chi connectivity index (χ0v) is 12.1. The molecule has 6 nitrogen and oxygen atoms in total. The monoisotopic (exact) mass is 327 g/mol. The third kappa shape index (κ3) is 5.33. The first-order chi connectivity index (χ1) is 9.92. The maximum absolute atomic E-state index is 11.2. The van der Waals surface area contributed by atoms with Gasteiger partial charge in [0.25, 0.3) is 0 Å². The Bertz CT molecular complexity index is 716. The number of carbonyl (C=O) groups is 1. The molecule has 21 heavy (non-hydrogen) atoms. The summed E-state index contributed by atoms with van der Waals surface area (Å²) in [6.45, 7) is 0. The molecule has 0 spiro atoms. The summed E-state index contributed by atoms with van der Waals surface area (Å²) in [7, 11) is 0.681. The number of hydrogen-bond donors (Lipinski definition) is 1. The highest BCUT2D eigenvalue weighted by molar-refractivity contribution is 8.12. The molecule has 0 fully saturated rings. The summed E-state index contributed by atoms with van der Waals surface area (Å²) in [5.41, 5.74) is 0. The predicted molar refractivity (Wildman–Crippen MR) is 76.9 cm³/mol. The second-order valence-electron chi connectivity index (χ2n) is 3.82. The highest BCUT2D eigenvalue weighted by Crippen LogP contribution is 2.23. The van der Waals surface area contributed by atoms with Crippen LogP contribution >= 0.6 is 10.7 Å². The number of carbonyl (C=O) groups excluding carboxylic acids is 1. The number of halogens is 1. The lowest BCUT2D eigenvalue weighted by Gasteiger charge is -2.07. The highest BCUT2D eigenvalue weighted by Gasteiger charge is 2.12. The molecule has 0 radical (unpaired) electrons.